The Hall–Kier alpha value is -0.910. The molecular weight excluding hydrogens is 264 g/mol. The van der Waals surface area contributed by atoms with Crippen LogP contribution in [0.5, 0.6) is 0 Å². The lowest BCUT2D eigenvalue weighted by atomic mass is 9.97. The third-order valence-electron chi connectivity index (χ3n) is 3.81. The summed E-state index contributed by atoms with van der Waals surface area (Å²) in [6, 6.07) is 0.0808. The molecule has 2 aliphatic heterocycles. The number of carbonyl (C=O) groups is 2. The number of likely N-dealkylation sites (tertiary alicyclic amines) is 1. The number of carboxylic acids is 1. The molecule has 2 amide bonds. The molecule has 5 nitrogen and oxygen atoms in total. The summed E-state index contributed by atoms with van der Waals surface area (Å²) in [5.41, 5.74) is 0. The minimum atomic E-state index is -0.734. The molecule has 108 valence electrons. The summed E-state index contributed by atoms with van der Waals surface area (Å²) >= 11 is 1.90. The predicted molar refractivity (Wildman–Crippen MR) is 75.4 cm³/mol. The molecule has 2 rings (SSSR count). The Labute approximate surface area is 118 Å². The van der Waals surface area contributed by atoms with E-state index in [4.69, 9.17) is 5.11 Å². The van der Waals surface area contributed by atoms with Crippen molar-refractivity contribution in [2.45, 2.75) is 31.4 Å². The third-order valence-corrected chi connectivity index (χ3v) is 5.11. The molecule has 0 aromatic rings. The van der Waals surface area contributed by atoms with Gasteiger partial charge in [-0.1, -0.05) is 0 Å². The highest BCUT2D eigenvalue weighted by Crippen LogP contribution is 2.30. The zero-order valence-corrected chi connectivity index (χ0v) is 12.4. The molecule has 0 atom stereocenters. The van der Waals surface area contributed by atoms with Crippen LogP contribution in [0.4, 0.5) is 4.79 Å². The molecule has 2 saturated heterocycles. The molecule has 0 aliphatic carbocycles. The van der Waals surface area contributed by atoms with Crippen LogP contribution < -0.4 is 0 Å². The van der Waals surface area contributed by atoms with Crippen molar-refractivity contribution in [3.8, 4) is 0 Å². The van der Waals surface area contributed by atoms with Crippen LogP contribution in [-0.4, -0.2) is 63.6 Å². The number of aliphatic carboxylic acids is 1. The molecular formula is C13H22N2O3S. The van der Waals surface area contributed by atoms with Gasteiger partial charge < -0.3 is 14.9 Å². The molecule has 1 N–H and O–H groups in total. The van der Waals surface area contributed by atoms with E-state index in [9.17, 15) is 9.59 Å². The van der Waals surface area contributed by atoms with E-state index < -0.39 is 5.97 Å². The number of hydrogen-bond donors (Lipinski definition) is 1. The number of hydrogen-bond acceptors (Lipinski definition) is 3. The molecule has 0 spiro atoms. The van der Waals surface area contributed by atoms with Crippen molar-refractivity contribution in [1.29, 1.82) is 0 Å². The molecule has 6 heteroatoms. The van der Waals surface area contributed by atoms with Gasteiger partial charge in [-0.2, -0.15) is 11.8 Å². The quantitative estimate of drug-likeness (QED) is 0.797. The average Bonchev–Trinajstić information content (AvgIpc) is 2.37. The molecule has 0 aromatic carbocycles. The number of piperidine rings is 1. The largest absolute Gasteiger partial charge is 0.481 e. The lowest BCUT2D eigenvalue weighted by molar-refractivity contribution is -0.143. The number of carboxylic acid groups (broad SMARTS) is 1. The van der Waals surface area contributed by atoms with Crippen LogP contribution in [0.3, 0.4) is 0 Å². The number of urea groups is 1. The molecule has 0 bridgehead atoms. The number of rotatable bonds is 1. The van der Waals surface area contributed by atoms with Gasteiger partial charge >= 0.3 is 12.0 Å². The maximum atomic E-state index is 12.4. The third kappa shape index (κ3) is 3.55. The smallest absolute Gasteiger partial charge is 0.320 e. The minimum Gasteiger partial charge on any atom is -0.481 e. The average molecular weight is 286 g/mol. The molecule has 0 aromatic heterocycles. The van der Waals surface area contributed by atoms with Gasteiger partial charge in [0.1, 0.15) is 0 Å². The molecule has 2 heterocycles. The van der Waals surface area contributed by atoms with Crippen molar-refractivity contribution in [3.05, 3.63) is 0 Å². The van der Waals surface area contributed by atoms with Crippen LogP contribution in [0.15, 0.2) is 0 Å². The van der Waals surface area contributed by atoms with Crippen molar-refractivity contribution in [1.82, 2.24) is 9.80 Å². The van der Waals surface area contributed by atoms with Gasteiger partial charge in [-0.3, -0.25) is 4.79 Å². The van der Waals surface area contributed by atoms with Gasteiger partial charge in [-0.05, 0) is 26.7 Å². The van der Waals surface area contributed by atoms with Gasteiger partial charge in [0, 0.05) is 36.7 Å². The Morgan fingerprint density at radius 2 is 1.79 bits per heavy atom. The normalized spacial score (nSPS) is 24.3. The summed E-state index contributed by atoms with van der Waals surface area (Å²) in [5, 5.41) is 8.96. The van der Waals surface area contributed by atoms with E-state index >= 15 is 0 Å². The van der Waals surface area contributed by atoms with E-state index in [1.165, 1.54) is 0 Å². The first-order valence-corrected chi connectivity index (χ1v) is 7.78. The molecule has 0 unspecified atom stereocenters. The van der Waals surface area contributed by atoms with Gasteiger partial charge in [-0.15, -0.1) is 0 Å². The fourth-order valence-corrected chi connectivity index (χ4v) is 3.81. The fourth-order valence-electron chi connectivity index (χ4n) is 2.70. The van der Waals surface area contributed by atoms with Crippen molar-refractivity contribution in [2.24, 2.45) is 5.92 Å². The number of thioether (sulfide) groups is 1. The van der Waals surface area contributed by atoms with Gasteiger partial charge in [0.2, 0.25) is 0 Å². The van der Waals surface area contributed by atoms with Crippen LogP contribution in [-0.2, 0) is 4.79 Å². The fraction of sp³-hybridized carbons (Fsp3) is 0.846. The van der Waals surface area contributed by atoms with E-state index in [1.807, 2.05) is 21.6 Å². The molecule has 0 saturated carbocycles. The number of nitrogens with zero attached hydrogens (tertiary/aromatic N) is 2. The summed E-state index contributed by atoms with van der Waals surface area (Å²) < 4.78 is 0.118. The second-order valence-corrected chi connectivity index (χ2v) is 7.71. The first kappa shape index (κ1) is 14.5. The van der Waals surface area contributed by atoms with Crippen LogP contribution in [0.25, 0.3) is 0 Å². The van der Waals surface area contributed by atoms with Crippen LogP contribution in [0.2, 0.25) is 0 Å². The number of carbonyl (C=O) groups excluding carboxylic acids is 1. The standard InChI is InChI=1S/C13H22N2O3S/c1-13(2)9-15(7-8-19-13)12(18)14-5-3-10(4-6-14)11(16)17/h10H,3-9H2,1-2H3,(H,16,17). The van der Waals surface area contributed by atoms with Crippen molar-refractivity contribution >= 4 is 23.8 Å². The molecule has 0 radical (unpaired) electrons. The maximum Gasteiger partial charge on any atom is 0.320 e. The van der Waals surface area contributed by atoms with E-state index in [-0.39, 0.29) is 16.7 Å². The summed E-state index contributed by atoms with van der Waals surface area (Å²) in [6.45, 7) is 7.03. The van der Waals surface area contributed by atoms with Gasteiger partial charge in [0.15, 0.2) is 0 Å². The summed E-state index contributed by atoms with van der Waals surface area (Å²) in [4.78, 5) is 27.0. The number of amides is 2. The molecule has 2 aliphatic rings. The monoisotopic (exact) mass is 286 g/mol. The lowest BCUT2D eigenvalue weighted by Crippen LogP contribution is -2.53. The minimum absolute atomic E-state index is 0.0808. The van der Waals surface area contributed by atoms with E-state index in [2.05, 4.69) is 13.8 Å². The lowest BCUT2D eigenvalue weighted by Gasteiger charge is -2.41. The predicted octanol–water partition coefficient (Wildman–Crippen LogP) is 1.73. The second kappa shape index (κ2) is 5.61. The zero-order chi connectivity index (χ0) is 14.0. The molecule has 2 fully saturated rings. The van der Waals surface area contributed by atoms with E-state index in [0.717, 1.165) is 18.8 Å². The summed E-state index contributed by atoms with van der Waals surface area (Å²) in [5.74, 6) is -0.0374. The Morgan fingerprint density at radius 3 is 2.32 bits per heavy atom. The SMILES string of the molecule is CC1(C)CN(C(=O)N2CCC(C(=O)O)CC2)CCS1. The first-order chi connectivity index (χ1) is 8.89. The summed E-state index contributed by atoms with van der Waals surface area (Å²) in [6.07, 6.45) is 1.15. The van der Waals surface area contributed by atoms with Gasteiger partial charge in [0.05, 0.1) is 5.92 Å². The Bertz CT molecular complexity index is 365. The Morgan fingerprint density at radius 1 is 1.16 bits per heavy atom. The van der Waals surface area contributed by atoms with Gasteiger partial charge in [0.25, 0.3) is 0 Å². The molecule has 19 heavy (non-hydrogen) atoms. The topological polar surface area (TPSA) is 60.9 Å². The zero-order valence-electron chi connectivity index (χ0n) is 11.6. The van der Waals surface area contributed by atoms with E-state index in [1.54, 1.807) is 0 Å². The van der Waals surface area contributed by atoms with Crippen LogP contribution in [0.1, 0.15) is 26.7 Å². The first-order valence-electron chi connectivity index (χ1n) is 6.80. The highest BCUT2D eigenvalue weighted by atomic mass is 32.2. The van der Waals surface area contributed by atoms with Crippen LogP contribution in [0, 0.1) is 5.92 Å². The maximum absolute atomic E-state index is 12.4. The van der Waals surface area contributed by atoms with Crippen molar-refractivity contribution in [3.63, 3.8) is 0 Å². The highest BCUT2D eigenvalue weighted by molar-refractivity contribution is 8.00. The Balaban J connectivity index is 1.89. The highest BCUT2D eigenvalue weighted by Gasteiger charge is 2.34. The van der Waals surface area contributed by atoms with E-state index in [0.29, 0.717) is 25.9 Å². The van der Waals surface area contributed by atoms with Gasteiger partial charge in [-0.25, -0.2) is 4.79 Å². The van der Waals surface area contributed by atoms with Crippen molar-refractivity contribution < 1.29 is 14.7 Å². The summed E-state index contributed by atoms with van der Waals surface area (Å²) in [7, 11) is 0. The second-order valence-electron chi connectivity index (χ2n) is 5.91. The Kier molecular flexibility index (Phi) is 4.28. The van der Waals surface area contributed by atoms with Crippen LogP contribution >= 0.6 is 11.8 Å². The van der Waals surface area contributed by atoms with Crippen molar-refractivity contribution in [2.75, 3.05) is 31.9 Å².